The number of anilines is 1. The highest BCUT2D eigenvalue weighted by molar-refractivity contribution is 5.94. The molecular formula is C19H17N3O2. The quantitative estimate of drug-likeness (QED) is 0.620. The molecule has 0 aliphatic heterocycles. The van der Waals surface area contributed by atoms with Crippen LogP contribution in [0.15, 0.2) is 52.9 Å². The molecule has 24 heavy (non-hydrogen) atoms. The molecule has 0 saturated carbocycles. The number of amides is 1. The zero-order chi connectivity index (χ0) is 16.7. The van der Waals surface area contributed by atoms with Crippen molar-refractivity contribution in [1.29, 1.82) is 0 Å². The van der Waals surface area contributed by atoms with Crippen LogP contribution in [0.3, 0.4) is 0 Å². The molecule has 4 rings (SSSR count). The summed E-state index contributed by atoms with van der Waals surface area (Å²) in [6.45, 7) is 4.08. The lowest BCUT2D eigenvalue weighted by molar-refractivity contribution is -0.116. The van der Waals surface area contributed by atoms with Gasteiger partial charge in [-0.2, -0.15) is 0 Å². The monoisotopic (exact) mass is 319 g/mol. The highest BCUT2D eigenvalue weighted by atomic mass is 16.3. The highest BCUT2D eigenvalue weighted by Gasteiger charge is 2.10. The van der Waals surface area contributed by atoms with Crippen molar-refractivity contribution in [2.24, 2.45) is 0 Å². The first-order valence-corrected chi connectivity index (χ1v) is 7.82. The van der Waals surface area contributed by atoms with Crippen LogP contribution < -0.4 is 5.32 Å². The van der Waals surface area contributed by atoms with Crippen molar-refractivity contribution in [1.82, 2.24) is 9.55 Å². The van der Waals surface area contributed by atoms with E-state index in [2.05, 4.69) is 22.4 Å². The van der Waals surface area contributed by atoms with Crippen LogP contribution in [0.5, 0.6) is 0 Å². The lowest BCUT2D eigenvalue weighted by atomic mass is 10.2. The third kappa shape index (κ3) is 2.54. The molecule has 0 aliphatic rings. The van der Waals surface area contributed by atoms with Crippen LogP contribution in [-0.4, -0.2) is 15.5 Å². The van der Waals surface area contributed by atoms with Crippen LogP contribution in [-0.2, 0) is 11.3 Å². The lowest BCUT2D eigenvalue weighted by Gasteiger charge is -2.09. The fourth-order valence-electron chi connectivity index (χ4n) is 3.02. The largest absolute Gasteiger partial charge is 0.441 e. The van der Waals surface area contributed by atoms with Crippen LogP contribution in [0, 0.1) is 13.8 Å². The van der Waals surface area contributed by atoms with Crippen LogP contribution >= 0.6 is 0 Å². The maximum atomic E-state index is 12.4. The maximum Gasteiger partial charge on any atom is 0.244 e. The van der Waals surface area contributed by atoms with Gasteiger partial charge in [0, 0.05) is 29.9 Å². The highest BCUT2D eigenvalue weighted by Crippen LogP contribution is 2.21. The maximum absolute atomic E-state index is 12.4. The molecule has 1 N–H and O–H groups in total. The number of benzene rings is 2. The number of carbonyl (C=O) groups excluding carboxylic acids is 1. The summed E-state index contributed by atoms with van der Waals surface area (Å²) in [6, 6.07) is 15.6. The smallest absolute Gasteiger partial charge is 0.244 e. The molecule has 5 heteroatoms. The molecule has 4 aromatic rings. The molecule has 0 aliphatic carbocycles. The van der Waals surface area contributed by atoms with Crippen LogP contribution in [0.1, 0.15) is 11.6 Å². The van der Waals surface area contributed by atoms with E-state index >= 15 is 0 Å². The molecule has 0 unspecified atom stereocenters. The first-order valence-electron chi connectivity index (χ1n) is 7.82. The summed E-state index contributed by atoms with van der Waals surface area (Å²) in [7, 11) is 0. The molecule has 0 atom stereocenters. The van der Waals surface area contributed by atoms with Gasteiger partial charge in [0.15, 0.2) is 11.5 Å². The minimum Gasteiger partial charge on any atom is -0.441 e. The second-order valence-corrected chi connectivity index (χ2v) is 5.89. The van der Waals surface area contributed by atoms with E-state index in [-0.39, 0.29) is 12.5 Å². The Labute approximate surface area is 138 Å². The van der Waals surface area contributed by atoms with E-state index in [9.17, 15) is 4.79 Å². The average Bonchev–Trinajstić information content (AvgIpc) is 3.06. The van der Waals surface area contributed by atoms with Gasteiger partial charge in [-0.15, -0.1) is 0 Å². The van der Waals surface area contributed by atoms with E-state index in [4.69, 9.17) is 4.42 Å². The van der Waals surface area contributed by atoms with E-state index in [1.165, 1.54) is 0 Å². The number of hydrogen-bond donors (Lipinski definition) is 1. The third-order valence-corrected chi connectivity index (χ3v) is 4.10. The van der Waals surface area contributed by atoms with E-state index < -0.39 is 0 Å². The summed E-state index contributed by atoms with van der Waals surface area (Å²) in [5.74, 6) is 0.540. The molecule has 2 aromatic carbocycles. The van der Waals surface area contributed by atoms with Crippen LogP contribution in [0.2, 0.25) is 0 Å². The molecular weight excluding hydrogens is 302 g/mol. The fraction of sp³-hybridized carbons (Fsp3) is 0.158. The predicted molar refractivity (Wildman–Crippen MR) is 94.1 cm³/mol. The number of oxazole rings is 1. The number of para-hydroxylation sites is 1. The number of rotatable bonds is 3. The number of hydrogen-bond acceptors (Lipinski definition) is 3. The first-order chi connectivity index (χ1) is 11.6. The van der Waals surface area contributed by atoms with Gasteiger partial charge < -0.3 is 14.3 Å². The molecule has 0 spiro atoms. The van der Waals surface area contributed by atoms with Crippen molar-refractivity contribution < 1.29 is 9.21 Å². The summed E-state index contributed by atoms with van der Waals surface area (Å²) >= 11 is 0. The van der Waals surface area contributed by atoms with Gasteiger partial charge in [0.2, 0.25) is 5.91 Å². The van der Waals surface area contributed by atoms with Gasteiger partial charge in [0.1, 0.15) is 12.1 Å². The van der Waals surface area contributed by atoms with Gasteiger partial charge in [0.25, 0.3) is 0 Å². The predicted octanol–water partition coefficient (Wildman–Crippen LogP) is 4.04. The Hall–Kier alpha value is -3.08. The first kappa shape index (κ1) is 14.5. The van der Waals surface area contributed by atoms with Gasteiger partial charge in [-0.3, -0.25) is 4.79 Å². The Kier molecular flexibility index (Phi) is 3.34. The summed E-state index contributed by atoms with van der Waals surface area (Å²) < 4.78 is 7.52. The molecule has 2 heterocycles. The Morgan fingerprint density at radius 1 is 1.17 bits per heavy atom. The normalized spacial score (nSPS) is 11.2. The summed E-state index contributed by atoms with van der Waals surface area (Å²) in [4.78, 5) is 16.7. The SMILES string of the molecule is Cc1nc2ccc(NC(=O)Cn3c(C)cc4ccccc43)cc2o1. The second-order valence-electron chi connectivity index (χ2n) is 5.89. The van der Waals surface area contributed by atoms with Gasteiger partial charge >= 0.3 is 0 Å². The minimum atomic E-state index is -0.0740. The summed E-state index contributed by atoms with van der Waals surface area (Å²) in [5, 5.41) is 4.07. The van der Waals surface area contributed by atoms with Gasteiger partial charge in [-0.05, 0) is 36.6 Å². The molecule has 120 valence electrons. The number of fused-ring (bicyclic) bond motifs is 2. The Morgan fingerprint density at radius 3 is 2.88 bits per heavy atom. The Bertz CT molecular complexity index is 1060. The number of nitrogens with zero attached hydrogens (tertiary/aromatic N) is 2. The van der Waals surface area contributed by atoms with Crippen molar-refractivity contribution >= 4 is 33.6 Å². The van der Waals surface area contributed by atoms with Crippen molar-refractivity contribution in [3.8, 4) is 0 Å². The van der Waals surface area contributed by atoms with E-state index in [1.54, 1.807) is 13.0 Å². The average molecular weight is 319 g/mol. The number of aryl methyl sites for hydroxylation is 2. The topological polar surface area (TPSA) is 60.1 Å². The number of aromatic nitrogens is 2. The zero-order valence-corrected chi connectivity index (χ0v) is 13.5. The standard InChI is InChI=1S/C19H17N3O2/c1-12-9-14-5-3-4-6-17(14)22(12)11-19(23)21-15-7-8-16-18(10-15)24-13(2)20-16/h3-10H,11H2,1-2H3,(H,21,23). The van der Waals surface area contributed by atoms with Gasteiger partial charge in [0.05, 0.1) is 0 Å². The Balaban J connectivity index is 1.57. The second kappa shape index (κ2) is 5.53. The van der Waals surface area contributed by atoms with Gasteiger partial charge in [-0.25, -0.2) is 4.98 Å². The summed E-state index contributed by atoms with van der Waals surface area (Å²) in [6.07, 6.45) is 0. The molecule has 0 bridgehead atoms. The van der Waals surface area contributed by atoms with E-state index in [0.717, 1.165) is 22.1 Å². The Morgan fingerprint density at radius 2 is 2.00 bits per heavy atom. The van der Waals surface area contributed by atoms with Crippen molar-refractivity contribution in [3.63, 3.8) is 0 Å². The minimum absolute atomic E-state index is 0.0740. The van der Waals surface area contributed by atoms with Crippen LogP contribution in [0.4, 0.5) is 5.69 Å². The summed E-state index contributed by atoms with van der Waals surface area (Å²) in [5.41, 5.74) is 4.29. The number of carbonyl (C=O) groups is 1. The molecule has 2 aromatic heterocycles. The van der Waals surface area contributed by atoms with E-state index in [1.807, 2.05) is 41.8 Å². The molecule has 0 fully saturated rings. The van der Waals surface area contributed by atoms with Crippen molar-refractivity contribution in [2.45, 2.75) is 20.4 Å². The lowest BCUT2D eigenvalue weighted by Crippen LogP contribution is -2.19. The molecule has 1 amide bonds. The fourth-order valence-corrected chi connectivity index (χ4v) is 3.02. The molecule has 0 saturated heterocycles. The van der Waals surface area contributed by atoms with Crippen LogP contribution in [0.25, 0.3) is 22.0 Å². The number of nitrogens with one attached hydrogen (secondary N) is 1. The van der Waals surface area contributed by atoms with Crippen molar-refractivity contribution in [3.05, 3.63) is 60.1 Å². The zero-order valence-electron chi connectivity index (χ0n) is 13.5. The van der Waals surface area contributed by atoms with E-state index in [0.29, 0.717) is 17.2 Å². The third-order valence-electron chi connectivity index (χ3n) is 4.10. The molecule has 0 radical (unpaired) electrons. The van der Waals surface area contributed by atoms with Crippen molar-refractivity contribution in [2.75, 3.05) is 5.32 Å². The van der Waals surface area contributed by atoms with Gasteiger partial charge in [-0.1, -0.05) is 18.2 Å². The molecule has 5 nitrogen and oxygen atoms in total.